The van der Waals surface area contributed by atoms with Crippen LogP contribution in [0.5, 0.6) is 0 Å². The highest BCUT2D eigenvalue weighted by molar-refractivity contribution is 5.81. The Labute approximate surface area is 177 Å². The Hall–Kier alpha value is -2.90. The van der Waals surface area contributed by atoms with E-state index in [1.54, 1.807) is 15.9 Å². The molecule has 0 saturated carbocycles. The van der Waals surface area contributed by atoms with Crippen LogP contribution in [-0.2, 0) is 16.1 Å². The minimum absolute atomic E-state index is 0.0362. The van der Waals surface area contributed by atoms with E-state index < -0.39 is 5.60 Å². The first-order chi connectivity index (χ1) is 14.2. The zero-order chi connectivity index (χ0) is 21.9. The lowest BCUT2D eigenvalue weighted by Gasteiger charge is -2.32. The van der Waals surface area contributed by atoms with Gasteiger partial charge in [-0.25, -0.2) is 14.5 Å². The first kappa shape index (κ1) is 21.8. The van der Waals surface area contributed by atoms with E-state index in [-0.39, 0.29) is 29.9 Å². The van der Waals surface area contributed by atoms with Gasteiger partial charge in [-0.3, -0.25) is 4.79 Å². The molecule has 1 aromatic carbocycles. The Balaban J connectivity index is 1.65. The van der Waals surface area contributed by atoms with Gasteiger partial charge in [0.1, 0.15) is 18.3 Å². The van der Waals surface area contributed by atoms with E-state index in [1.165, 1.54) is 6.33 Å². The molecule has 0 radical (unpaired) electrons. The number of carbonyl (C=O) groups excluding carboxylic acids is 2. The molecule has 2 heterocycles. The average Bonchev–Trinajstić information content (AvgIpc) is 3.34. The standard InChI is InChI=1S/C22H31N5O3/c1-15(2)19-18(9-10-26(19)21(29)30-22(3,4)5)20(28)24-12-16-7-6-8-17(11-16)27-14-23-13-25-27/h6-8,11,13-15,18-19H,9-10,12H2,1-5H3,(H,24,28). The third kappa shape index (κ3) is 5.17. The maximum Gasteiger partial charge on any atom is 0.410 e. The van der Waals surface area contributed by atoms with Crippen molar-refractivity contribution in [3.8, 4) is 5.69 Å². The summed E-state index contributed by atoms with van der Waals surface area (Å²) >= 11 is 0. The molecule has 1 aliphatic rings. The number of nitrogens with zero attached hydrogens (tertiary/aromatic N) is 4. The highest BCUT2D eigenvalue weighted by Crippen LogP contribution is 2.31. The van der Waals surface area contributed by atoms with Crippen LogP contribution < -0.4 is 5.32 Å². The van der Waals surface area contributed by atoms with Gasteiger partial charge in [-0.05, 0) is 50.8 Å². The summed E-state index contributed by atoms with van der Waals surface area (Å²) in [6.45, 7) is 10.6. The molecule has 3 rings (SSSR count). The van der Waals surface area contributed by atoms with Crippen molar-refractivity contribution in [1.82, 2.24) is 25.0 Å². The van der Waals surface area contributed by atoms with Crippen molar-refractivity contribution < 1.29 is 14.3 Å². The summed E-state index contributed by atoms with van der Waals surface area (Å²) < 4.78 is 7.23. The quantitative estimate of drug-likeness (QED) is 0.813. The molecule has 0 aliphatic carbocycles. The fourth-order valence-electron chi connectivity index (χ4n) is 3.93. The van der Waals surface area contributed by atoms with Crippen LogP contribution in [0.1, 0.15) is 46.6 Å². The van der Waals surface area contributed by atoms with E-state index in [4.69, 9.17) is 4.74 Å². The first-order valence-corrected chi connectivity index (χ1v) is 10.4. The van der Waals surface area contributed by atoms with Crippen molar-refractivity contribution in [2.75, 3.05) is 6.54 Å². The van der Waals surface area contributed by atoms with Gasteiger partial charge >= 0.3 is 6.09 Å². The molecule has 1 saturated heterocycles. The Kier molecular flexibility index (Phi) is 6.43. The summed E-state index contributed by atoms with van der Waals surface area (Å²) in [5, 5.41) is 7.18. The Morgan fingerprint density at radius 2 is 2.07 bits per heavy atom. The van der Waals surface area contributed by atoms with Gasteiger partial charge in [0.25, 0.3) is 0 Å². The SMILES string of the molecule is CC(C)C1C(C(=O)NCc2cccc(-n3cncn3)c2)CCN1C(=O)OC(C)(C)C. The number of hydrogen-bond acceptors (Lipinski definition) is 5. The van der Waals surface area contributed by atoms with Crippen molar-refractivity contribution in [1.29, 1.82) is 0 Å². The third-order valence-electron chi connectivity index (χ3n) is 5.16. The van der Waals surface area contributed by atoms with Crippen molar-refractivity contribution in [2.24, 2.45) is 11.8 Å². The zero-order valence-electron chi connectivity index (χ0n) is 18.3. The molecule has 2 amide bonds. The van der Waals surface area contributed by atoms with Crippen LogP contribution in [0.3, 0.4) is 0 Å². The molecule has 1 aromatic heterocycles. The Morgan fingerprint density at radius 1 is 1.30 bits per heavy atom. The maximum atomic E-state index is 13.0. The van der Waals surface area contributed by atoms with E-state index in [0.29, 0.717) is 19.5 Å². The molecule has 1 aliphatic heterocycles. The number of benzene rings is 1. The molecule has 8 nitrogen and oxygen atoms in total. The van der Waals surface area contributed by atoms with Crippen LogP contribution in [0.2, 0.25) is 0 Å². The average molecular weight is 414 g/mol. The number of nitrogens with one attached hydrogen (secondary N) is 1. The van der Waals surface area contributed by atoms with E-state index in [1.807, 2.05) is 58.9 Å². The number of aromatic nitrogens is 3. The van der Waals surface area contributed by atoms with Gasteiger partial charge in [-0.2, -0.15) is 5.10 Å². The number of likely N-dealkylation sites (tertiary alicyclic amines) is 1. The minimum Gasteiger partial charge on any atom is -0.444 e. The van der Waals surface area contributed by atoms with Gasteiger partial charge in [0.05, 0.1) is 11.6 Å². The summed E-state index contributed by atoms with van der Waals surface area (Å²) in [7, 11) is 0. The van der Waals surface area contributed by atoms with E-state index >= 15 is 0 Å². The van der Waals surface area contributed by atoms with E-state index in [2.05, 4.69) is 15.4 Å². The summed E-state index contributed by atoms with van der Waals surface area (Å²) in [5.41, 5.74) is 1.30. The molecule has 0 spiro atoms. The van der Waals surface area contributed by atoms with E-state index in [0.717, 1.165) is 11.3 Å². The highest BCUT2D eigenvalue weighted by atomic mass is 16.6. The van der Waals surface area contributed by atoms with Gasteiger partial charge in [-0.1, -0.05) is 26.0 Å². The van der Waals surface area contributed by atoms with Crippen LogP contribution in [0.15, 0.2) is 36.9 Å². The van der Waals surface area contributed by atoms with Gasteiger partial charge in [-0.15, -0.1) is 0 Å². The fourth-order valence-corrected chi connectivity index (χ4v) is 3.93. The monoisotopic (exact) mass is 413 g/mol. The molecule has 2 unspecified atom stereocenters. The van der Waals surface area contributed by atoms with Crippen LogP contribution in [0, 0.1) is 11.8 Å². The van der Waals surface area contributed by atoms with Gasteiger partial charge in [0.15, 0.2) is 0 Å². The Bertz CT molecular complexity index is 873. The third-order valence-corrected chi connectivity index (χ3v) is 5.16. The van der Waals surface area contributed by atoms with Crippen LogP contribution >= 0.6 is 0 Å². The lowest BCUT2D eigenvalue weighted by atomic mass is 9.90. The molecule has 8 heteroatoms. The van der Waals surface area contributed by atoms with Gasteiger partial charge < -0.3 is 15.0 Å². The van der Waals surface area contributed by atoms with Crippen LogP contribution in [-0.4, -0.2) is 49.9 Å². The molecule has 2 atom stereocenters. The summed E-state index contributed by atoms with van der Waals surface area (Å²) in [6, 6.07) is 7.61. The van der Waals surface area contributed by atoms with Crippen molar-refractivity contribution in [3.63, 3.8) is 0 Å². The normalized spacial score (nSPS) is 19.2. The first-order valence-electron chi connectivity index (χ1n) is 10.4. The maximum absolute atomic E-state index is 13.0. The van der Waals surface area contributed by atoms with Gasteiger partial charge in [0.2, 0.25) is 5.91 Å². The summed E-state index contributed by atoms with van der Waals surface area (Å²) in [4.78, 5) is 31.3. The number of amides is 2. The van der Waals surface area contributed by atoms with Gasteiger partial charge in [0, 0.05) is 19.1 Å². The van der Waals surface area contributed by atoms with Crippen molar-refractivity contribution in [3.05, 3.63) is 42.5 Å². The van der Waals surface area contributed by atoms with Crippen molar-refractivity contribution >= 4 is 12.0 Å². The predicted molar refractivity (Wildman–Crippen MR) is 113 cm³/mol. The minimum atomic E-state index is -0.561. The smallest absolute Gasteiger partial charge is 0.410 e. The lowest BCUT2D eigenvalue weighted by Crippen LogP contribution is -2.47. The molecular formula is C22H31N5O3. The number of ether oxygens (including phenoxy) is 1. The van der Waals surface area contributed by atoms with Crippen molar-refractivity contribution in [2.45, 2.75) is 59.2 Å². The highest BCUT2D eigenvalue weighted by Gasteiger charge is 2.43. The lowest BCUT2D eigenvalue weighted by molar-refractivity contribution is -0.126. The molecule has 162 valence electrons. The topological polar surface area (TPSA) is 89.4 Å². The van der Waals surface area contributed by atoms with Crippen LogP contribution in [0.25, 0.3) is 5.69 Å². The molecular weight excluding hydrogens is 382 g/mol. The largest absolute Gasteiger partial charge is 0.444 e. The second-order valence-electron chi connectivity index (χ2n) is 9.03. The Morgan fingerprint density at radius 3 is 2.70 bits per heavy atom. The molecule has 1 N–H and O–H groups in total. The molecule has 1 fully saturated rings. The number of hydrogen-bond donors (Lipinski definition) is 1. The predicted octanol–water partition coefficient (Wildman–Crippen LogP) is 3.17. The molecule has 2 aromatic rings. The second-order valence-corrected chi connectivity index (χ2v) is 9.03. The van der Waals surface area contributed by atoms with E-state index in [9.17, 15) is 9.59 Å². The fraction of sp³-hybridized carbons (Fsp3) is 0.545. The summed E-state index contributed by atoms with van der Waals surface area (Å²) in [6.07, 6.45) is 3.40. The number of carbonyl (C=O) groups is 2. The zero-order valence-corrected chi connectivity index (χ0v) is 18.3. The number of rotatable bonds is 5. The second kappa shape index (κ2) is 8.85. The summed E-state index contributed by atoms with van der Waals surface area (Å²) in [5.74, 6) is -0.145. The molecule has 0 bridgehead atoms. The van der Waals surface area contributed by atoms with Crippen LogP contribution in [0.4, 0.5) is 4.79 Å². The molecule has 30 heavy (non-hydrogen) atoms.